The van der Waals surface area contributed by atoms with Gasteiger partial charge in [-0.3, -0.25) is 4.79 Å². The highest BCUT2D eigenvalue weighted by Gasteiger charge is 2.24. The van der Waals surface area contributed by atoms with Gasteiger partial charge >= 0.3 is 0 Å². The van der Waals surface area contributed by atoms with Crippen molar-refractivity contribution in [3.8, 4) is 5.75 Å². The molecule has 8 heteroatoms. The molecular weight excluding hydrogens is 364 g/mol. The van der Waals surface area contributed by atoms with E-state index in [0.29, 0.717) is 31.7 Å². The fourth-order valence-electron chi connectivity index (χ4n) is 2.91. The molecule has 1 atom stereocenters. The van der Waals surface area contributed by atoms with Crippen LogP contribution in [0.1, 0.15) is 32.1 Å². The minimum Gasteiger partial charge on any atom is -0.494 e. The lowest BCUT2D eigenvalue weighted by atomic mass is 10.0. The summed E-state index contributed by atoms with van der Waals surface area (Å²) >= 11 is 0. The first kappa shape index (κ1) is 21.7. The Morgan fingerprint density at radius 2 is 1.96 bits per heavy atom. The maximum atomic E-state index is 12.3. The molecule has 6 nitrogen and oxygen atoms in total. The number of ether oxygens (including phenoxy) is 1. The normalized spacial score (nSPS) is 17.7. The Balaban J connectivity index is 0.00000312. The molecule has 0 bridgehead atoms. The smallest absolute Gasteiger partial charge is 0.222 e. The van der Waals surface area contributed by atoms with Crippen LogP contribution in [0.15, 0.2) is 29.2 Å². The molecule has 1 unspecified atom stereocenters. The van der Waals surface area contributed by atoms with E-state index in [1.165, 1.54) is 18.4 Å². The highest BCUT2D eigenvalue weighted by atomic mass is 35.5. The lowest BCUT2D eigenvalue weighted by molar-refractivity contribution is -0.134. The number of halogens is 1. The number of hydrogen-bond donors (Lipinski definition) is 1. The lowest BCUT2D eigenvalue weighted by Crippen LogP contribution is -2.47. The minimum absolute atomic E-state index is 0. The lowest BCUT2D eigenvalue weighted by Gasteiger charge is -2.35. The van der Waals surface area contributed by atoms with Crippen LogP contribution in [-0.4, -0.2) is 51.2 Å². The Hall–Kier alpha value is -1.31. The molecule has 1 amide bonds. The zero-order valence-electron chi connectivity index (χ0n) is 14.5. The number of benzene rings is 1. The summed E-state index contributed by atoms with van der Waals surface area (Å²) in [7, 11) is -3.19. The molecule has 1 aliphatic rings. The van der Waals surface area contributed by atoms with E-state index in [2.05, 4.69) is 0 Å². The summed E-state index contributed by atoms with van der Waals surface area (Å²) in [4.78, 5) is 14.5. The van der Waals surface area contributed by atoms with Crippen LogP contribution in [0.4, 0.5) is 0 Å². The van der Waals surface area contributed by atoms with Crippen molar-refractivity contribution in [2.75, 3.05) is 26.0 Å². The number of amides is 1. The number of sulfone groups is 1. The van der Waals surface area contributed by atoms with Gasteiger partial charge < -0.3 is 15.4 Å². The summed E-state index contributed by atoms with van der Waals surface area (Å²) in [5.74, 6) is 0.744. The molecule has 25 heavy (non-hydrogen) atoms. The molecule has 1 aromatic rings. The third-order valence-corrected chi connectivity index (χ3v) is 5.40. The quantitative estimate of drug-likeness (QED) is 0.719. The number of nitrogens with zero attached hydrogens (tertiary/aromatic N) is 1. The van der Waals surface area contributed by atoms with Gasteiger partial charge in [-0.15, -0.1) is 12.4 Å². The predicted molar refractivity (Wildman–Crippen MR) is 99.9 cm³/mol. The maximum Gasteiger partial charge on any atom is 0.222 e. The van der Waals surface area contributed by atoms with E-state index < -0.39 is 9.84 Å². The Bertz CT molecular complexity index is 649. The summed E-state index contributed by atoms with van der Waals surface area (Å²) < 4.78 is 28.4. The molecule has 0 radical (unpaired) electrons. The van der Waals surface area contributed by atoms with E-state index in [1.807, 2.05) is 4.90 Å². The molecule has 1 aromatic carbocycles. The summed E-state index contributed by atoms with van der Waals surface area (Å²) in [6, 6.07) is 6.49. The van der Waals surface area contributed by atoms with Gasteiger partial charge in [-0.25, -0.2) is 8.42 Å². The largest absolute Gasteiger partial charge is 0.494 e. The molecule has 2 N–H and O–H groups in total. The van der Waals surface area contributed by atoms with E-state index in [-0.39, 0.29) is 29.3 Å². The third-order valence-electron chi connectivity index (χ3n) is 4.28. The Labute approximate surface area is 156 Å². The van der Waals surface area contributed by atoms with Crippen molar-refractivity contribution in [2.24, 2.45) is 5.73 Å². The first-order chi connectivity index (χ1) is 11.4. The van der Waals surface area contributed by atoms with Gasteiger partial charge in [-0.1, -0.05) is 0 Å². The second kappa shape index (κ2) is 9.99. The molecule has 1 heterocycles. The standard InChI is InChI=1S/C17H26N2O4S.ClH/c1-24(21,22)16-9-7-15(8-10-16)23-12-4-6-17(20)19-11-3-2-5-14(19)13-18;/h7-10,14H,2-6,11-13,18H2,1H3;1H. The van der Waals surface area contributed by atoms with E-state index in [9.17, 15) is 13.2 Å². The average molecular weight is 391 g/mol. The first-order valence-electron chi connectivity index (χ1n) is 8.34. The van der Waals surface area contributed by atoms with Gasteiger partial charge in [0.2, 0.25) is 5.91 Å². The molecule has 0 spiro atoms. The second-order valence-corrected chi connectivity index (χ2v) is 8.18. The molecule has 142 valence electrons. The van der Waals surface area contributed by atoms with Crippen LogP contribution < -0.4 is 10.5 Å². The average Bonchev–Trinajstić information content (AvgIpc) is 2.58. The number of carbonyl (C=O) groups is 1. The van der Waals surface area contributed by atoms with Crippen LogP contribution in [0.2, 0.25) is 0 Å². The van der Waals surface area contributed by atoms with Crippen LogP contribution in [0.5, 0.6) is 5.75 Å². The van der Waals surface area contributed by atoms with E-state index in [4.69, 9.17) is 10.5 Å². The van der Waals surface area contributed by atoms with Gasteiger partial charge in [-0.2, -0.15) is 0 Å². The van der Waals surface area contributed by atoms with E-state index in [1.54, 1.807) is 12.1 Å². The monoisotopic (exact) mass is 390 g/mol. The molecule has 0 aromatic heterocycles. The number of carbonyl (C=O) groups excluding carboxylic acids is 1. The van der Waals surface area contributed by atoms with Crippen molar-refractivity contribution in [1.82, 2.24) is 4.90 Å². The molecule has 1 saturated heterocycles. The Morgan fingerprint density at radius 1 is 1.28 bits per heavy atom. The van der Waals surface area contributed by atoms with Crippen molar-refractivity contribution in [2.45, 2.75) is 43.0 Å². The summed E-state index contributed by atoms with van der Waals surface area (Å²) in [5, 5.41) is 0. The SMILES string of the molecule is CS(=O)(=O)c1ccc(OCCCC(=O)N2CCCCC2CN)cc1.Cl. The number of likely N-dealkylation sites (tertiary alicyclic amines) is 1. The molecule has 0 saturated carbocycles. The van der Waals surface area contributed by atoms with Crippen molar-refractivity contribution < 1.29 is 17.9 Å². The molecule has 1 aliphatic heterocycles. The van der Waals surface area contributed by atoms with Gasteiger partial charge in [-0.05, 0) is 49.9 Å². The fourth-order valence-corrected chi connectivity index (χ4v) is 3.54. The summed E-state index contributed by atoms with van der Waals surface area (Å²) in [5.41, 5.74) is 5.74. The number of rotatable bonds is 7. The first-order valence-corrected chi connectivity index (χ1v) is 10.2. The maximum absolute atomic E-state index is 12.3. The van der Waals surface area contributed by atoms with Crippen LogP contribution in [0.25, 0.3) is 0 Å². The van der Waals surface area contributed by atoms with Crippen molar-refractivity contribution in [3.05, 3.63) is 24.3 Å². The second-order valence-electron chi connectivity index (χ2n) is 6.17. The zero-order valence-corrected chi connectivity index (χ0v) is 16.2. The molecule has 2 rings (SSSR count). The van der Waals surface area contributed by atoms with Crippen molar-refractivity contribution in [3.63, 3.8) is 0 Å². The predicted octanol–water partition coefficient (Wildman–Crippen LogP) is 2.01. The van der Waals surface area contributed by atoms with Gasteiger partial charge in [0.25, 0.3) is 0 Å². The van der Waals surface area contributed by atoms with Gasteiger partial charge in [0.05, 0.1) is 11.5 Å². The van der Waals surface area contributed by atoms with Crippen LogP contribution in [0.3, 0.4) is 0 Å². The molecule has 0 aliphatic carbocycles. The summed E-state index contributed by atoms with van der Waals surface area (Å²) in [6.45, 7) is 1.74. The fraction of sp³-hybridized carbons (Fsp3) is 0.588. The van der Waals surface area contributed by atoms with Gasteiger partial charge in [0, 0.05) is 31.8 Å². The Morgan fingerprint density at radius 3 is 2.56 bits per heavy atom. The Kier molecular flexibility index (Phi) is 8.68. The number of piperidine rings is 1. The molecule has 1 fully saturated rings. The topological polar surface area (TPSA) is 89.7 Å². The van der Waals surface area contributed by atoms with Crippen LogP contribution in [-0.2, 0) is 14.6 Å². The van der Waals surface area contributed by atoms with E-state index in [0.717, 1.165) is 25.8 Å². The molecular formula is C17H27ClN2O4S. The van der Waals surface area contributed by atoms with Crippen LogP contribution in [0, 0.1) is 0 Å². The minimum atomic E-state index is -3.19. The zero-order chi connectivity index (χ0) is 17.6. The van der Waals surface area contributed by atoms with Gasteiger partial charge in [0.15, 0.2) is 9.84 Å². The van der Waals surface area contributed by atoms with Crippen molar-refractivity contribution >= 4 is 28.2 Å². The third kappa shape index (κ3) is 6.49. The van der Waals surface area contributed by atoms with Crippen LogP contribution >= 0.6 is 12.4 Å². The number of hydrogen-bond acceptors (Lipinski definition) is 5. The van der Waals surface area contributed by atoms with Crippen molar-refractivity contribution in [1.29, 1.82) is 0 Å². The van der Waals surface area contributed by atoms with E-state index >= 15 is 0 Å². The van der Waals surface area contributed by atoms with Gasteiger partial charge in [0.1, 0.15) is 5.75 Å². The highest BCUT2D eigenvalue weighted by molar-refractivity contribution is 7.90. The number of nitrogens with two attached hydrogens (primary N) is 1. The highest BCUT2D eigenvalue weighted by Crippen LogP contribution is 2.18. The summed E-state index contributed by atoms with van der Waals surface area (Å²) in [6.07, 6.45) is 5.41.